The molecule has 1 unspecified atom stereocenters. The van der Waals surface area contributed by atoms with E-state index in [4.69, 9.17) is 10.8 Å². The van der Waals surface area contributed by atoms with Crippen molar-refractivity contribution < 1.29 is 18.7 Å². The molecular weight excluding hydrogens is 216 g/mol. The number of halogens is 2. The van der Waals surface area contributed by atoms with Crippen LogP contribution in [0.15, 0.2) is 12.1 Å². The van der Waals surface area contributed by atoms with Crippen molar-refractivity contribution in [2.45, 2.75) is 25.8 Å². The fourth-order valence-corrected chi connectivity index (χ4v) is 1.40. The molecule has 16 heavy (non-hydrogen) atoms. The number of benzene rings is 1. The maximum atomic E-state index is 13.3. The van der Waals surface area contributed by atoms with Crippen LogP contribution in [0.5, 0.6) is 0 Å². The zero-order chi connectivity index (χ0) is 12.3. The second-order valence-electron chi connectivity index (χ2n) is 3.54. The van der Waals surface area contributed by atoms with Gasteiger partial charge in [-0.15, -0.1) is 0 Å². The lowest BCUT2D eigenvalue weighted by Crippen LogP contribution is -2.32. The second kappa shape index (κ2) is 5.03. The molecule has 5 heteroatoms. The molecule has 0 aromatic heterocycles. The minimum atomic E-state index is -1.21. The van der Waals surface area contributed by atoms with E-state index in [0.29, 0.717) is 12.0 Å². The SMILES string of the molecule is CCc1cc(CC(N)C(=O)O)c(F)cc1F. The van der Waals surface area contributed by atoms with Gasteiger partial charge in [0.1, 0.15) is 17.7 Å². The number of carboxylic acid groups (broad SMARTS) is 1. The summed E-state index contributed by atoms with van der Waals surface area (Å²) >= 11 is 0. The van der Waals surface area contributed by atoms with Crippen LogP contribution in [0.2, 0.25) is 0 Å². The highest BCUT2D eigenvalue weighted by Gasteiger charge is 2.16. The van der Waals surface area contributed by atoms with E-state index in [2.05, 4.69) is 0 Å². The molecule has 0 saturated heterocycles. The Bertz CT molecular complexity index is 407. The Hall–Kier alpha value is -1.49. The molecule has 0 bridgehead atoms. The lowest BCUT2D eigenvalue weighted by molar-refractivity contribution is -0.138. The number of hydrogen-bond donors (Lipinski definition) is 2. The zero-order valence-electron chi connectivity index (χ0n) is 8.84. The monoisotopic (exact) mass is 229 g/mol. The van der Waals surface area contributed by atoms with Crippen molar-refractivity contribution in [3.8, 4) is 0 Å². The third-order valence-electron chi connectivity index (χ3n) is 2.35. The molecule has 88 valence electrons. The van der Waals surface area contributed by atoms with Crippen LogP contribution in [0, 0.1) is 11.6 Å². The molecule has 0 aliphatic rings. The molecule has 1 aromatic rings. The molecule has 1 rings (SSSR count). The minimum absolute atomic E-state index is 0.133. The van der Waals surface area contributed by atoms with Gasteiger partial charge in [-0.05, 0) is 23.6 Å². The average Bonchev–Trinajstić information content (AvgIpc) is 2.21. The van der Waals surface area contributed by atoms with Gasteiger partial charge in [0.2, 0.25) is 0 Å². The molecule has 0 fully saturated rings. The van der Waals surface area contributed by atoms with Gasteiger partial charge in [0, 0.05) is 12.5 Å². The van der Waals surface area contributed by atoms with Crippen molar-refractivity contribution >= 4 is 5.97 Å². The summed E-state index contributed by atoms with van der Waals surface area (Å²) in [5, 5.41) is 8.59. The van der Waals surface area contributed by atoms with Crippen LogP contribution in [-0.2, 0) is 17.6 Å². The fraction of sp³-hybridized carbons (Fsp3) is 0.364. The van der Waals surface area contributed by atoms with Crippen LogP contribution in [0.4, 0.5) is 8.78 Å². The van der Waals surface area contributed by atoms with Gasteiger partial charge in [-0.1, -0.05) is 6.92 Å². The number of carbonyl (C=O) groups is 1. The van der Waals surface area contributed by atoms with E-state index in [-0.39, 0.29) is 12.0 Å². The molecule has 0 heterocycles. The number of rotatable bonds is 4. The van der Waals surface area contributed by atoms with Crippen LogP contribution in [-0.4, -0.2) is 17.1 Å². The molecule has 0 spiro atoms. The van der Waals surface area contributed by atoms with E-state index in [0.717, 1.165) is 6.07 Å². The summed E-state index contributed by atoms with van der Waals surface area (Å²) in [6.07, 6.45) is 0.274. The number of aliphatic carboxylic acids is 1. The Morgan fingerprint density at radius 1 is 1.38 bits per heavy atom. The smallest absolute Gasteiger partial charge is 0.320 e. The lowest BCUT2D eigenvalue weighted by atomic mass is 10.0. The predicted octanol–water partition coefficient (Wildman–Crippen LogP) is 1.48. The first-order valence-electron chi connectivity index (χ1n) is 4.90. The molecule has 3 nitrogen and oxygen atoms in total. The Morgan fingerprint density at radius 3 is 2.44 bits per heavy atom. The van der Waals surface area contributed by atoms with Crippen molar-refractivity contribution in [1.29, 1.82) is 0 Å². The van der Waals surface area contributed by atoms with E-state index in [9.17, 15) is 13.6 Å². The quantitative estimate of drug-likeness (QED) is 0.822. The van der Waals surface area contributed by atoms with Crippen molar-refractivity contribution in [3.63, 3.8) is 0 Å². The van der Waals surface area contributed by atoms with Crippen molar-refractivity contribution in [2.24, 2.45) is 5.73 Å². The van der Waals surface area contributed by atoms with Gasteiger partial charge in [0.05, 0.1) is 0 Å². The molecule has 1 atom stereocenters. The summed E-state index contributed by atoms with van der Waals surface area (Å²) in [6.45, 7) is 1.73. The maximum Gasteiger partial charge on any atom is 0.320 e. The first-order chi connectivity index (χ1) is 7.45. The summed E-state index contributed by atoms with van der Waals surface area (Å²) in [6, 6.07) is 0.917. The standard InChI is InChI=1S/C11H13F2NO2/c1-2-6-3-7(4-10(14)11(15)16)9(13)5-8(6)12/h3,5,10H,2,4,14H2,1H3,(H,15,16). The summed E-state index contributed by atoms with van der Waals surface area (Å²) in [4.78, 5) is 10.5. The molecule has 0 aliphatic heterocycles. The van der Waals surface area contributed by atoms with Gasteiger partial charge >= 0.3 is 5.97 Å². The van der Waals surface area contributed by atoms with Gasteiger partial charge in [-0.2, -0.15) is 0 Å². The molecule has 0 aliphatic carbocycles. The Labute approximate surface area is 91.9 Å². The van der Waals surface area contributed by atoms with Gasteiger partial charge in [0.25, 0.3) is 0 Å². The number of aryl methyl sites for hydroxylation is 1. The van der Waals surface area contributed by atoms with Crippen LogP contribution in [0.25, 0.3) is 0 Å². The van der Waals surface area contributed by atoms with Crippen LogP contribution in [0.1, 0.15) is 18.1 Å². The van der Waals surface area contributed by atoms with Gasteiger partial charge in [-0.3, -0.25) is 4.79 Å². The summed E-state index contributed by atoms with van der Waals surface area (Å²) in [7, 11) is 0. The van der Waals surface area contributed by atoms with E-state index >= 15 is 0 Å². The highest BCUT2D eigenvalue weighted by molar-refractivity contribution is 5.73. The Kier molecular flexibility index (Phi) is 3.95. The van der Waals surface area contributed by atoms with Crippen molar-refractivity contribution in [3.05, 3.63) is 34.9 Å². The van der Waals surface area contributed by atoms with Crippen LogP contribution >= 0.6 is 0 Å². The molecule has 0 saturated carbocycles. The normalized spacial score (nSPS) is 12.5. The number of carboxylic acids is 1. The second-order valence-corrected chi connectivity index (χ2v) is 3.54. The maximum absolute atomic E-state index is 13.3. The van der Waals surface area contributed by atoms with Gasteiger partial charge in [0.15, 0.2) is 0 Å². The summed E-state index contributed by atoms with van der Waals surface area (Å²) < 4.78 is 26.4. The summed E-state index contributed by atoms with van der Waals surface area (Å²) in [5.41, 5.74) is 5.78. The highest BCUT2D eigenvalue weighted by Crippen LogP contribution is 2.16. The number of nitrogens with two attached hydrogens (primary N) is 1. The van der Waals surface area contributed by atoms with E-state index in [1.807, 2.05) is 0 Å². The first kappa shape index (κ1) is 12.6. The largest absolute Gasteiger partial charge is 0.480 e. The molecule has 0 radical (unpaired) electrons. The Balaban J connectivity index is 3.00. The third-order valence-corrected chi connectivity index (χ3v) is 2.35. The minimum Gasteiger partial charge on any atom is -0.480 e. The van der Waals surface area contributed by atoms with Crippen molar-refractivity contribution in [2.75, 3.05) is 0 Å². The van der Waals surface area contributed by atoms with E-state index < -0.39 is 23.6 Å². The predicted molar refractivity (Wildman–Crippen MR) is 55.1 cm³/mol. The third kappa shape index (κ3) is 2.76. The highest BCUT2D eigenvalue weighted by atomic mass is 19.1. The molecule has 3 N–H and O–H groups in total. The fourth-order valence-electron chi connectivity index (χ4n) is 1.40. The average molecular weight is 229 g/mol. The van der Waals surface area contributed by atoms with Gasteiger partial charge < -0.3 is 10.8 Å². The van der Waals surface area contributed by atoms with Crippen molar-refractivity contribution in [1.82, 2.24) is 0 Å². The Morgan fingerprint density at radius 2 is 1.94 bits per heavy atom. The molecular formula is C11H13F2NO2. The number of hydrogen-bond acceptors (Lipinski definition) is 2. The van der Waals surface area contributed by atoms with Crippen LogP contribution < -0.4 is 5.73 Å². The molecule has 0 amide bonds. The van der Waals surface area contributed by atoms with E-state index in [1.165, 1.54) is 6.07 Å². The molecule has 1 aromatic carbocycles. The van der Waals surface area contributed by atoms with Gasteiger partial charge in [-0.25, -0.2) is 8.78 Å². The summed E-state index contributed by atoms with van der Waals surface area (Å²) in [5.74, 6) is -2.58. The van der Waals surface area contributed by atoms with Crippen LogP contribution in [0.3, 0.4) is 0 Å². The first-order valence-corrected chi connectivity index (χ1v) is 4.90. The lowest BCUT2D eigenvalue weighted by Gasteiger charge is -2.09. The zero-order valence-corrected chi connectivity index (χ0v) is 8.84. The van der Waals surface area contributed by atoms with E-state index in [1.54, 1.807) is 6.92 Å². The topological polar surface area (TPSA) is 63.3 Å².